The van der Waals surface area contributed by atoms with Gasteiger partial charge in [-0.05, 0) is 44.9 Å². The first kappa shape index (κ1) is 16.7. The van der Waals surface area contributed by atoms with E-state index in [1.807, 2.05) is 12.2 Å². The van der Waals surface area contributed by atoms with Crippen LogP contribution >= 0.6 is 0 Å². The average Bonchev–Trinajstić information content (AvgIpc) is 2.36. The van der Waals surface area contributed by atoms with Crippen LogP contribution in [-0.4, -0.2) is 23.2 Å². The maximum absolute atomic E-state index is 11.4. The molecule has 0 fully saturated rings. The molecule has 0 aliphatic rings. The van der Waals surface area contributed by atoms with Gasteiger partial charge in [0.1, 0.15) is 5.60 Å². The Bertz CT molecular complexity index is 515. The fourth-order valence-corrected chi connectivity index (χ4v) is 1.50. The molecule has 114 valence electrons. The summed E-state index contributed by atoms with van der Waals surface area (Å²) in [6, 6.07) is 6.27. The topological polar surface area (TPSA) is 81.5 Å². The van der Waals surface area contributed by atoms with Gasteiger partial charge >= 0.3 is 6.09 Å². The summed E-state index contributed by atoms with van der Waals surface area (Å²) in [5, 5.41) is 13.2. The van der Waals surface area contributed by atoms with Crippen molar-refractivity contribution in [3.8, 4) is 0 Å². The highest BCUT2D eigenvalue weighted by molar-refractivity contribution is 5.67. The van der Waals surface area contributed by atoms with Crippen molar-refractivity contribution in [1.29, 1.82) is 0 Å². The van der Waals surface area contributed by atoms with E-state index >= 15 is 0 Å². The van der Waals surface area contributed by atoms with Gasteiger partial charge in [0.25, 0.3) is 5.69 Å². The van der Waals surface area contributed by atoms with Gasteiger partial charge in [-0.25, -0.2) is 4.79 Å². The van der Waals surface area contributed by atoms with Crippen molar-refractivity contribution in [1.82, 2.24) is 5.32 Å². The van der Waals surface area contributed by atoms with Crippen molar-refractivity contribution in [2.75, 3.05) is 6.54 Å². The second kappa shape index (κ2) is 7.42. The number of non-ortho nitro benzene ring substituents is 1. The van der Waals surface area contributed by atoms with Gasteiger partial charge in [0.2, 0.25) is 0 Å². The monoisotopic (exact) mass is 292 g/mol. The van der Waals surface area contributed by atoms with Gasteiger partial charge in [-0.1, -0.05) is 12.2 Å². The van der Waals surface area contributed by atoms with E-state index in [0.29, 0.717) is 13.0 Å². The molecule has 0 bridgehead atoms. The molecule has 0 aliphatic heterocycles. The first-order valence-electron chi connectivity index (χ1n) is 6.66. The van der Waals surface area contributed by atoms with E-state index in [-0.39, 0.29) is 5.69 Å². The Morgan fingerprint density at radius 3 is 2.48 bits per heavy atom. The summed E-state index contributed by atoms with van der Waals surface area (Å²) in [4.78, 5) is 21.4. The quantitative estimate of drug-likeness (QED) is 0.511. The molecule has 1 aromatic carbocycles. The van der Waals surface area contributed by atoms with Crippen molar-refractivity contribution in [3.05, 3.63) is 46.0 Å². The number of nitro benzene ring substituents is 1. The number of amides is 1. The summed E-state index contributed by atoms with van der Waals surface area (Å²) in [6.07, 6.45) is 3.95. The van der Waals surface area contributed by atoms with Crippen molar-refractivity contribution < 1.29 is 14.5 Å². The minimum Gasteiger partial charge on any atom is -0.444 e. The minimum absolute atomic E-state index is 0.0683. The number of nitrogens with one attached hydrogen (secondary N) is 1. The molecule has 0 atom stereocenters. The molecule has 0 heterocycles. The molecule has 0 saturated carbocycles. The Hall–Kier alpha value is -2.37. The van der Waals surface area contributed by atoms with Crippen molar-refractivity contribution in [2.45, 2.75) is 32.8 Å². The van der Waals surface area contributed by atoms with Gasteiger partial charge in [-0.3, -0.25) is 10.1 Å². The van der Waals surface area contributed by atoms with E-state index in [4.69, 9.17) is 4.74 Å². The largest absolute Gasteiger partial charge is 0.444 e. The summed E-state index contributed by atoms with van der Waals surface area (Å²) in [5.74, 6) is 0. The van der Waals surface area contributed by atoms with Gasteiger partial charge < -0.3 is 10.1 Å². The number of nitrogens with zero attached hydrogens (tertiary/aromatic N) is 1. The van der Waals surface area contributed by atoms with Gasteiger partial charge in [-0.15, -0.1) is 0 Å². The van der Waals surface area contributed by atoms with Crippen molar-refractivity contribution in [2.24, 2.45) is 0 Å². The predicted octanol–water partition coefficient (Wildman–Crippen LogP) is 3.52. The molecule has 1 rings (SSSR count). The number of hydrogen-bond acceptors (Lipinski definition) is 4. The predicted molar refractivity (Wildman–Crippen MR) is 81.0 cm³/mol. The molecule has 1 amide bonds. The van der Waals surface area contributed by atoms with Crippen LogP contribution in [0.4, 0.5) is 10.5 Å². The second-order valence-corrected chi connectivity index (χ2v) is 5.47. The van der Waals surface area contributed by atoms with Crippen LogP contribution in [-0.2, 0) is 4.74 Å². The van der Waals surface area contributed by atoms with Crippen LogP contribution in [0.1, 0.15) is 32.8 Å². The summed E-state index contributed by atoms with van der Waals surface area (Å²) in [7, 11) is 0. The van der Waals surface area contributed by atoms with E-state index in [9.17, 15) is 14.9 Å². The lowest BCUT2D eigenvalue weighted by atomic mass is 10.2. The molecule has 21 heavy (non-hydrogen) atoms. The van der Waals surface area contributed by atoms with E-state index < -0.39 is 16.6 Å². The van der Waals surface area contributed by atoms with Crippen LogP contribution in [0.15, 0.2) is 30.3 Å². The zero-order valence-electron chi connectivity index (χ0n) is 12.5. The van der Waals surface area contributed by atoms with Crippen LogP contribution in [0.3, 0.4) is 0 Å². The van der Waals surface area contributed by atoms with Crippen LogP contribution in [0.2, 0.25) is 0 Å². The molecule has 1 aromatic rings. The molecular weight excluding hydrogens is 272 g/mol. The number of ether oxygens (including phenoxy) is 1. The summed E-state index contributed by atoms with van der Waals surface area (Å²) in [5.41, 5.74) is 0.440. The van der Waals surface area contributed by atoms with Crippen molar-refractivity contribution in [3.63, 3.8) is 0 Å². The van der Waals surface area contributed by atoms with E-state index in [0.717, 1.165) is 5.56 Å². The average molecular weight is 292 g/mol. The highest BCUT2D eigenvalue weighted by atomic mass is 16.6. The summed E-state index contributed by atoms with van der Waals surface area (Å²) < 4.78 is 5.10. The number of nitro groups is 1. The Kier molecular flexibility index (Phi) is 5.90. The molecule has 0 radical (unpaired) electrons. The zero-order valence-corrected chi connectivity index (χ0v) is 12.5. The number of carbonyl (C=O) groups excluding carboxylic acids is 1. The van der Waals surface area contributed by atoms with E-state index in [1.54, 1.807) is 32.9 Å². The number of hydrogen-bond donors (Lipinski definition) is 1. The lowest BCUT2D eigenvalue weighted by Gasteiger charge is -2.19. The number of carbonyl (C=O) groups is 1. The Labute approximate surface area is 124 Å². The molecule has 0 aliphatic carbocycles. The Morgan fingerprint density at radius 2 is 1.95 bits per heavy atom. The number of benzene rings is 1. The van der Waals surface area contributed by atoms with E-state index in [1.165, 1.54) is 12.1 Å². The first-order valence-corrected chi connectivity index (χ1v) is 6.66. The fourth-order valence-electron chi connectivity index (χ4n) is 1.50. The third kappa shape index (κ3) is 7.10. The Balaban J connectivity index is 2.32. The number of rotatable bonds is 5. The van der Waals surface area contributed by atoms with E-state index in [2.05, 4.69) is 5.32 Å². The smallest absolute Gasteiger partial charge is 0.407 e. The zero-order chi connectivity index (χ0) is 15.9. The normalized spacial score (nSPS) is 11.4. The van der Waals surface area contributed by atoms with Gasteiger partial charge in [0.15, 0.2) is 0 Å². The molecule has 0 saturated heterocycles. The minimum atomic E-state index is -0.501. The fraction of sp³-hybridized carbons (Fsp3) is 0.400. The lowest BCUT2D eigenvalue weighted by Crippen LogP contribution is -2.32. The summed E-state index contributed by atoms with van der Waals surface area (Å²) >= 11 is 0. The van der Waals surface area contributed by atoms with Crippen LogP contribution in [0.25, 0.3) is 6.08 Å². The molecule has 0 spiro atoms. The molecule has 1 N–H and O–H groups in total. The van der Waals surface area contributed by atoms with Crippen LogP contribution < -0.4 is 5.32 Å². The third-order valence-electron chi connectivity index (χ3n) is 2.39. The van der Waals surface area contributed by atoms with Gasteiger partial charge in [0, 0.05) is 18.7 Å². The highest BCUT2D eigenvalue weighted by Gasteiger charge is 2.15. The Morgan fingerprint density at radius 1 is 1.33 bits per heavy atom. The lowest BCUT2D eigenvalue weighted by molar-refractivity contribution is -0.384. The molecule has 0 unspecified atom stereocenters. The van der Waals surface area contributed by atoms with Gasteiger partial charge in [-0.2, -0.15) is 0 Å². The molecule has 0 aromatic heterocycles. The standard InChI is InChI=1S/C15H20N2O4/c1-15(2,3)21-14(18)16-11-5-4-6-12-7-9-13(10-8-12)17(19)20/h4,6-10H,5,11H2,1-3H3,(H,16,18). The molecule has 6 nitrogen and oxygen atoms in total. The number of alkyl carbamates (subject to hydrolysis) is 1. The SMILES string of the molecule is CC(C)(C)OC(=O)NCCC=Cc1ccc([N+](=O)[O-])cc1. The van der Waals surface area contributed by atoms with Crippen LogP contribution in [0.5, 0.6) is 0 Å². The van der Waals surface area contributed by atoms with Gasteiger partial charge in [0.05, 0.1) is 4.92 Å². The molecule has 6 heteroatoms. The maximum Gasteiger partial charge on any atom is 0.407 e. The maximum atomic E-state index is 11.4. The van der Waals surface area contributed by atoms with Crippen LogP contribution in [0, 0.1) is 10.1 Å². The first-order chi connectivity index (χ1) is 9.78. The molecular formula is C15H20N2O4. The third-order valence-corrected chi connectivity index (χ3v) is 2.39. The van der Waals surface area contributed by atoms with Crippen molar-refractivity contribution >= 4 is 17.9 Å². The highest BCUT2D eigenvalue weighted by Crippen LogP contribution is 2.13. The summed E-state index contributed by atoms with van der Waals surface area (Å²) in [6.45, 7) is 5.89. The second-order valence-electron chi connectivity index (χ2n) is 5.47.